The fourth-order valence-corrected chi connectivity index (χ4v) is 1.84. The molecule has 0 saturated heterocycles. The minimum atomic E-state index is -0.347. The van der Waals surface area contributed by atoms with Gasteiger partial charge >= 0.3 is 5.97 Å². The summed E-state index contributed by atoms with van der Waals surface area (Å²) in [6, 6.07) is 16.7. The molecule has 0 aliphatic rings. The number of hydrogen-bond acceptors (Lipinski definition) is 3. The number of ether oxygens (including phenoxy) is 1. The molecule has 0 aliphatic carbocycles. The molecule has 0 aliphatic heterocycles. The fourth-order valence-electron chi connectivity index (χ4n) is 1.84. The topological polar surface area (TPSA) is 75.1 Å². The Bertz CT molecular complexity index is 632. The molecule has 2 aromatic carbocycles. The molecule has 0 N–H and O–H groups in total. The van der Waals surface area contributed by atoms with Crippen LogP contribution < -0.4 is 0 Å². The molecule has 0 saturated carbocycles. The van der Waals surface area contributed by atoms with Gasteiger partial charge in [0.15, 0.2) is 0 Å². The van der Waals surface area contributed by atoms with Gasteiger partial charge in [0.25, 0.3) is 0 Å². The predicted molar refractivity (Wildman–Crippen MR) is 79.7 cm³/mol. The SMILES string of the molecule is [N-]=[N+]=NCCc1ccc(C(=O)OCc2ccccc2)cc1. The molecule has 0 amide bonds. The van der Waals surface area contributed by atoms with Crippen molar-refractivity contribution in [2.75, 3.05) is 6.54 Å². The minimum absolute atomic E-state index is 0.262. The van der Waals surface area contributed by atoms with Crippen LogP contribution in [0.25, 0.3) is 10.4 Å². The van der Waals surface area contributed by atoms with E-state index < -0.39 is 0 Å². The van der Waals surface area contributed by atoms with Gasteiger partial charge in [-0.15, -0.1) is 0 Å². The molecule has 0 spiro atoms. The minimum Gasteiger partial charge on any atom is -0.457 e. The summed E-state index contributed by atoms with van der Waals surface area (Å²) in [5.41, 5.74) is 10.7. The quantitative estimate of drug-likeness (QED) is 0.348. The first-order valence-corrected chi connectivity index (χ1v) is 6.60. The van der Waals surface area contributed by atoms with Crippen molar-refractivity contribution < 1.29 is 9.53 Å². The summed E-state index contributed by atoms with van der Waals surface area (Å²) >= 11 is 0. The highest BCUT2D eigenvalue weighted by molar-refractivity contribution is 5.89. The van der Waals surface area contributed by atoms with E-state index in [0.29, 0.717) is 18.5 Å². The van der Waals surface area contributed by atoms with Crippen LogP contribution in [0.15, 0.2) is 59.7 Å². The number of nitrogens with zero attached hydrogens (tertiary/aromatic N) is 3. The summed E-state index contributed by atoms with van der Waals surface area (Å²) in [6.45, 7) is 0.673. The summed E-state index contributed by atoms with van der Waals surface area (Å²) in [4.78, 5) is 14.6. The van der Waals surface area contributed by atoms with Crippen LogP contribution in [-0.4, -0.2) is 12.5 Å². The maximum atomic E-state index is 11.9. The molecule has 21 heavy (non-hydrogen) atoms. The largest absolute Gasteiger partial charge is 0.457 e. The Hall–Kier alpha value is -2.78. The lowest BCUT2D eigenvalue weighted by Gasteiger charge is -2.05. The van der Waals surface area contributed by atoms with Gasteiger partial charge in [-0.25, -0.2) is 4.79 Å². The number of rotatable bonds is 6. The van der Waals surface area contributed by atoms with Crippen molar-refractivity contribution in [3.8, 4) is 0 Å². The lowest BCUT2D eigenvalue weighted by molar-refractivity contribution is 0.0472. The van der Waals surface area contributed by atoms with E-state index in [9.17, 15) is 4.79 Å². The van der Waals surface area contributed by atoms with Crippen LogP contribution in [0.4, 0.5) is 0 Å². The Balaban J connectivity index is 1.89. The summed E-state index contributed by atoms with van der Waals surface area (Å²) in [7, 11) is 0. The molecule has 0 heterocycles. The van der Waals surface area contributed by atoms with Crippen LogP contribution in [0.2, 0.25) is 0 Å². The molecule has 106 valence electrons. The van der Waals surface area contributed by atoms with Gasteiger partial charge in [0.1, 0.15) is 6.61 Å². The maximum absolute atomic E-state index is 11.9. The zero-order valence-corrected chi connectivity index (χ0v) is 11.5. The van der Waals surface area contributed by atoms with E-state index in [2.05, 4.69) is 10.0 Å². The fraction of sp³-hybridized carbons (Fsp3) is 0.188. The highest BCUT2D eigenvalue weighted by atomic mass is 16.5. The first kappa shape index (κ1) is 14.6. The second-order valence-corrected chi connectivity index (χ2v) is 4.46. The molecule has 2 aromatic rings. The molecule has 0 bridgehead atoms. The van der Waals surface area contributed by atoms with Crippen molar-refractivity contribution in [2.24, 2.45) is 5.11 Å². The van der Waals surface area contributed by atoms with Crippen molar-refractivity contribution in [1.29, 1.82) is 0 Å². The molecule has 0 atom stereocenters. The third-order valence-electron chi connectivity index (χ3n) is 2.97. The van der Waals surface area contributed by atoms with Crippen molar-refractivity contribution in [2.45, 2.75) is 13.0 Å². The van der Waals surface area contributed by atoms with Gasteiger partial charge in [-0.05, 0) is 35.2 Å². The monoisotopic (exact) mass is 281 g/mol. The molecule has 5 heteroatoms. The van der Waals surface area contributed by atoms with Gasteiger partial charge in [0.2, 0.25) is 0 Å². The van der Waals surface area contributed by atoms with E-state index in [1.807, 2.05) is 42.5 Å². The van der Waals surface area contributed by atoms with Crippen molar-refractivity contribution in [3.63, 3.8) is 0 Å². The standard InChI is InChI=1S/C16H15N3O2/c17-19-18-11-10-13-6-8-15(9-7-13)16(20)21-12-14-4-2-1-3-5-14/h1-9H,10-12H2. The zero-order chi connectivity index (χ0) is 14.9. The van der Waals surface area contributed by atoms with Crippen LogP contribution in [0, 0.1) is 0 Å². The van der Waals surface area contributed by atoms with Crippen molar-refractivity contribution >= 4 is 5.97 Å². The second kappa shape index (κ2) is 7.72. The lowest BCUT2D eigenvalue weighted by Crippen LogP contribution is -2.05. The molecule has 0 radical (unpaired) electrons. The van der Waals surface area contributed by atoms with Crippen LogP contribution >= 0.6 is 0 Å². The van der Waals surface area contributed by atoms with E-state index in [-0.39, 0.29) is 12.6 Å². The zero-order valence-electron chi connectivity index (χ0n) is 11.5. The van der Waals surface area contributed by atoms with Crippen LogP contribution in [0.1, 0.15) is 21.5 Å². The van der Waals surface area contributed by atoms with E-state index in [0.717, 1.165) is 11.1 Å². The second-order valence-electron chi connectivity index (χ2n) is 4.46. The number of carbonyl (C=O) groups is 1. The van der Waals surface area contributed by atoms with Gasteiger partial charge < -0.3 is 4.74 Å². The average Bonchev–Trinajstić information content (AvgIpc) is 2.54. The Morgan fingerprint density at radius 3 is 2.43 bits per heavy atom. The summed E-state index contributed by atoms with van der Waals surface area (Å²) in [6.07, 6.45) is 0.656. The summed E-state index contributed by atoms with van der Waals surface area (Å²) in [5, 5.41) is 3.48. The van der Waals surface area contributed by atoms with Crippen molar-refractivity contribution in [3.05, 3.63) is 81.7 Å². The van der Waals surface area contributed by atoms with Crippen LogP contribution in [0.3, 0.4) is 0 Å². The summed E-state index contributed by atoms with van der Waals surface area (Å²) in [5.74, 6) is -0.347. The highest BCUT2D eigenvalue weighted by Gasteiger charge is 2.07. The van der Waals surface area contributed by atoms with Crippen LogP contribution in [0.5, 0.6) is 0 Å². The lowest BCUT2D eigenvalue weighted by atomic mass is 10.1. The average molecular weight is 281 g/mol. The highest BCUT2D eigenvalue weighted by Crippen LogP contribution is 2.09. The summed E-state index contributed by atoms with van der Waals surface area (Å²) < 4.78 is 5.25. The van der Waals surface area contributed by atoms with Gasteiger partial charge in [0.05, 0.1) is 5.56 Å². The number of benzene rings is 2. The number of carbonyl (C=O) groups excluding carboxylic acids is 1. The van der Waals surface area contributed by atoms with Gasteiger partial charge in [0, 0.05) is 11.5 Å². The third-order valence-corrected chi connectivity index (χ3v) is 2.97. The molecule has 2 rings (SSSR count). The van der Waals surface area contributed by atoms with Crippen molar-refractivity contribution in [1.82, 2.24) is 0 Å². The third kappa shape index (κ3) is 4.67. The Morgan fingerprint density at radius 2 is 1.76 bits per heavy atom. The molecule has 0 unspecified atom stereocenters. The van der Waals surface area contributed by atoms with E-state index in [1.165, 1.54) is 0 Å². The first-order chi connectivity index (χ1) is 10.3. The van der Waals surface area contributed by atoms with Crippen LogP contribution in [-0.2, 0) is 17.8 Å². The van der Waals surface area contributed by atoms with E-state index in [1.54, 1.807) is 12.1 Å². The number of hydrogen-bond donors (Lipinski definition) is 0. The number of azide groups is 1. The smallest absolute Gasteiger partial charge is 0.338 e. The van der Waals surface area contributed by atoms with Gasteiger partial charge in [-0.1, -0.05) is 47.6 Å². The molecular weight excluding hydrogens is 266 g/mol. The Labute approximate surface area is 122 Å². The maximum Gasteiger partial charge on any atom is 0.338 e. The van der Waals surface area contributed by atoms with E-state index in [4.69, 9.17) is 10.3 Å². The molecule has 5 nitrogen and oxygen atoms in total. The molecule has 0 fully saturated rings. The molecule has 0 aromatic heterocycles. The Morgan fingerprint density at radius 1 is 1.05 bits per heavy atom. The molecular formula is C16H15N3O2. The van der Waals surface area contributed by atoms with Gasteiger partial charge in [-0.3, -0.25) is 0 Å². The normalized spacial score (nSPS) is 9.71. The predicted octanol–water partition coefficient (Wildman–Crippen LogP) is 3.90. The Kier molecular flexibility index (Phi) is 5.38. The van der Waals surface area contributed by atoms with Gasteiger partial charge in [-0.2, -0.15) is 0 Å². The first-order valence-electron chi connectivity index (χ1n) is 6.60. The van der Waals surface area contributed by atoms with E-state index >= 15 is 0 Å². The number of esters is 1.